The summed E-state index contributed by atoms with van der Waals surface area (Å²) in [6, 6.07) is 0. The number of halogens is 1. The molecule has 1 heterocycles. The van der Waals surface area contributed by atoms with Gasteiger partial charge in [-0.2, -0.15) is 0 Å². The molecule has 0 aliphatic rings. The van der Waals surface area contributed by atoms with Gasteiger partial charge in [0.15, 0.2) is 5.15 Å². The van der Waals surface area contributed by atoms with Gasteiger partial charge in [0.2, 0.25) is 0 Å². The first-order chi connectivity index (χ1) is 6.07. The van der Waals surface area contributed by atoms with Gasteiger partial charge in [0.1, 0.15) is 0 Å². The molecule has 0 atom stereocenters. The summed E-state index contributed by atoms with van der Waals surface area (Å²) in [4.78, 5) is 15.4. The van der Waals surface area contributed by atoms with Crippen molar-refractivity contribution in [2.24, 2.45) is 0 Å². The lowest BCUT2D eigenvalue weighted by Gasteiger charge is -2.10. The second kappa shape index (κ2) is 3.92. The first-order valence-corrected chi connectivity index (χ1v) is 4.69. The SMILES string of the molecule is CCCn1c(C)c(C)nc(Cl)c1=O. The lowest BCUT2D eigenvalue weighted by Crippen LogP contribution is -2.25. The van der Waals surface area contributed by atoms with Gasteiger partial charge in [-0.05, 0) is 20.3 Å². The molecule has 72 valence electrons. The maximum atomic E-state index is 11.5. The molecule has 0 amide bonds. The predicted octanol–water partition coefficient (Wildman–Crippen LogP) is 1.92. The molecule has 0 bridgehead atoms. The van der Waals surface area contributed by atoms with Crippen LogP contribution >= 0.6 is 11.6 Å². The van der Waals surface area contributed by atoms with E-state index in [0.717, 1.165) is 17.8 Å². The van der Waals surface area contributed by atoms with E-state index in [9.17, 15) is 4.79 Å². The second-order valence-electron chi connectivity index (χ2n) is 3.03. The third-order valence-corrected chi connectivity index (χ3v) is 2.31. The molecule has 0 radical (unpaired) electrons. The van der Waals surface area contributed by atoms with E-state index in [2.05, 4.69) is 4.98 Å². The molecule has 0 aromatic carbocycles. The Kier molecular flexibility index (Phi) is 3.09. The van der Waals surface area contributed by atoms with Gasteiger partial charge in [-0.15, -0.1) is 0 Å². The lowest BCUT2D eigenvalue weighted by atomic mass is 10.3. The summed E-state index contributed by atoms with van der Waals surface area (Å²) in [6.45, 7) is 6.46. The number of aromatic nitrogens is 2. The highest BCUT2D eigenvalue weighted by Crippen LogP contribution is 2.05. The summed E-state index contributed by atoms with van der Waals surface area (Å²) in [5, 5.41) is 0.0663. The van der Waals surface area contributed by atoms with Gasteiger partial charge >= 0.3 is 0 Å². The van der Waals surface area contributed by atoms with Crippen LogP contribution in [0.3, 0.4) is 0 Å². The van der Waals surface area contributed by atoms with Crippen molar-refractivity contribution in [2.75, 3.05) is 0 Å². The molecule has 0 fully saturated rings. The van der Waals surface area contributed by atoms with Crippen molar-refractivity contribution in [1.82, 2.24) is 9.55 Å². The molecule has 1 rings (SSSR count). The third-order valence-electron chi connectivity index (χ3n) is 2.06. The van der Waals surface area contributed by atoms with Crippen molar-refractivity contribution in [3.8, 4) is 0 Å². The monoisotopic (exact) mass is 200 g/mol. The van der Waals surface area contributed by atoms with Crippen LogP contribution in [0.25, 0.3) is 0 Å². The molecular formula is C9H13ClN2O. The molecule has 0 saturated carbocycles. The second-order valence-corrected chi connectivity index (χ2v) is 3.39. The van der Waals surface area contributed by atoms with E-state index in [1.807, 2.05) is 20.8 Å². The molecule has 0 spiro atoms. The van der Waals surface area contributed by atoms with Gasteiger partial charge in [-0.3, -0.25) is 4.79 Å². The Balaban J connectivity index is 3.37. The van der Waals surface area contributed by atoms with Crippen LogP contribution < -0.4 is 5.56 Å². The molecule has 0 N–H and O–H groups in total. The summed E-state index contributed by atoms with van der Waals surface area (Å²) in [5.41, 5.74) is 1.53. The Morgan fingerprint density at radius 3 is 2.62 bits per heavy atom. The van der Waals surface area contributed by atoms with Gasteiger partial charge in [0, 0.05) is 12.2 Å². The van der Waals surface area contributed by atoms with Gasteiger partial charge in [0.05, 0.1) is 5.69 Å². The Bertz CT molecular complexity index is 371. The van der Waals surface area contributed by atoms with Crippen LogP contribution in [0.4, 0.5) is 0 Å². The molecule has 4 heteroatoms. The summed E-state index contributed by atoms with van der Waals surface area (Å²) in [5.74, 6) is 0. The smallest absolute Gasteiger partial charge is 0.288 e. The van der Waals surface area contributed by atoms with Crippen molar-refractivity contribution < 1.29 is 0 Å². The first-order valence-electron chi connectivity index (χ1n) is 4.31. The Hall–Kier alpha value is -0.830. The summed E-state index contributed by atoms with van der Waals surface area (Å²) in [6.07, 6.45) is 0.917. The van der Waals surface area contributed by atoms with E-state index in [0.29, 0.717) is 6.54 Å². The van der Waals surface area contributed by atoms with Crippen LogP contribution in [0.15, 0.2) is 4.79 Å². The predicted molar refractivity (Wildman–Crippen MR) is 53.3 cm³/mol. The summed E-state index contributed by atoms with van der Waals surface area (Å²) >= 11 is 5.68. The van der Waals surface area contributed by atoms with Gasteiger partial charge < -0.3 is 4.57 Å². The van der Waals surface area contributed by atoms with E-state index in [-0.39, 0.29) is 10.7 Å². The Labute approximate surface area is 82.4 Å². The van der Waals surface area contributed by atoms with E-state index in [1.165, 1.54) is 0 Å². The van der Waals surface area contributed by atoms with Crippen LogP contribution in [-0.2, 0) is 6.54 Å². The number of aryl methyl sites for hydroxylation is 1. The van der Waals surface area contributed by atoms with Gasteiger partial charge in [-0.25, -0.2) is 4.98 Å². The van der Waals surface area contributed by atoms with Crippen LogP contribution in [0.2, 0.25) is 5.15 Å². The van der Waals surface area contributed by atoms with Crippen LogP contribution in [-0.4, -0.2) is 9.55 Å². The highest BCUT2D eigenvalue weighted by Gasteiger charge is 2.07. The standard InChI is InChI=1S/C9H13ClN2O/c1-4-5-12-7(3)6(2)11-8(10)9(12)13/h4-5H2,1-3H3. The molecule has 0 aliphatic heterocycles. The molecule has 13 heavy (non-hydrogen) atoms. The molecule has 1 aromatic rings. The van der Waals surface area contributed by atoms with E-state index in [1.54, 1.807) is 4.57 Å². The van der Waals surface area contributed by atoms with Gasteiger partial charge in [-0.1, -0.05) is 18.5 Å². The highest BCUT2D eigenvalue weighted by atomic mass is 35.5. The molecule has 1 aromatic heterocycles. The Morgan fingerprint density at radius 1 is 1.46 bits per heavy atom. The normalized spacial score (nSPS) is 10.5. The van der Waals surface area contributed by atoms with Crippen molar-refractivity contribution in [3.05, 3.63) is 26.9 Å². The zero-order valence-electron chi connectivity index (χ0n) is 8.09. The average Bonchev–Trinajstić information content (AvgIpc) is 2.09. The molecule has 0 unspecified atom stereocenters. The molecule has 3 nitrogen and oxygen atoms in total. The topological polar surface area (TPSA) is 34.9 Å². The van der Waals surface area contributed by atoms with Gasteiger partial charge in [0.25, 0.3) is 5.56 Å². The zero-order chi connectivity index (χ0) is 10.0. The van der Waals surface area contributed by atoms with Crippen LogP contribution in [0.1, 0.15) is 24.7 Å². The number of nitrogens with zero attached hydrogens (tertiary/aromatic N) is 2. The fraction of sp³-hybridized carbons (Fsp3) is 0.556. The van der Waals surface area contributed by atoms with Crippen molar-refractivity contribution in [3.63, 3.8) is 0 Å². The van der Waals surface area contributed by atoms with E-state index < -0.39 is 0 Å². The minimum Gasteiger partial charge on any atom is -0.308 e. The summed E-state index contributed by atoms with van der Waals surface area (Å²) < 4.78 is 1.67. The Morgan fingerprint density at radius 2 is 2.08 bits per heavy atom. The number of hydrogen-bond donors (Lipinski definition) is 0. The highest BCUT2D eigenvalue weighted by molar-refractivity contribution is 6.29. The molecular weight excluding hydrogens is 188 g/mol. The van der Waals surface area contributed by atoms with Crippen LogP contribution in [0, 0.1) is 13.8 Å². The first kappa shape index (κ1) is 10.3. The fourth-order valence-corrected chi connectivity index (χ4v) is 1.46. The van der Waals surface area contributed by atoms with Crippen LogP contribution in [0.5, 0.6) is 0 Å². The maximum absolute atomic E-state index is 11.5. The van der Waals surface area contributed by atoms with E-state index in [4.69, 9.17) is 11.6 Å². The maximum Gasteiger partial charge on any atom is 0.288 e. The minimum absolute atomic E-state index is 0.0663. The zero-order valence-corrected chi connectivity index (χ0v) is 8.85. The van der Waals surface area contributed by atoms with Crippen molar-refractivity contribution in [1.29, 1.82) is 0 Å². The lowest BCUT2D eigenvalue weighted by molar-refractivity contribution is 0.624. The number of hydrogen-bond acceptors (Lipinski definition) is 2. The van der Waals surface area contributed by atoms with Crippen molar-refractivity contribution in [2.45, 2.75) is 33.7 Å². The number of rotatable bonds is 2. The largest absolute Gasteiger partial charge is 0.308 e. The summed E-state index contributed by atoms with van der Waals surface area (Å²) in [7, 11) is 0. The quantitative estimate of drug-likeness (QED) is 0.731. The fourth-order valence-electron chi connectivity index (χ4n) is 1.23. The molecule has 0 saturated heterocycles. The third kappa shape index (κ3) is 1.91. The van der Waals surface area contributed by atoms with Crippen molar-refractivity contribution >= 4 is 11.6 Å². The average molecular weight is 201 g/mol. The molecule has 0 aliphatic carbocycles. The van der Waals surface area contributed by atoms with E-state index >= 15 is 0 Å². The minimum atomic E-state index is -0.188.